The first-order chi connectivity index (χ1) is 12.5. The molecule has 4 rings (SSSR count). The van der Waals surface area contributed by atoms with Crippen LogP contribution < -0.4 is 16.1 Å². The lowest BCUT2D eigenvalue weighted by molar-refractivity contribution is 0.328. The van der Waals surface area contributed by atoms with Gasteiger partial charge in [0, 0.05) is 30.4 Å². The van der Waals surface area contributed by atoms with Crippen LogP contribution in [0.5, 0.6) is 5.75 Å². The summed E-state index contributed by atoms with van der Waals surface area (Å²) in [5.41, 5.74) is 8.83. The zero-order valence-electron chi connectivity index (χ0n) is 14.5. The van der Waals surface area contributed by atoms with E-state index in [4.69, 9.17) is 14.9 Å². The molecule has 0 spiro atoms. The standard InChI is InChI=1S/C19H18N4O3/c1-11-9-23-10-16(22-18(23)12(2)21-11)15-7-13-3-4-14(25-6-5-20)8-17(13)26-19(15)24/h3-4,7-10H,5-6,20H2,1-2H3. The van der Waals surface area contributed by atoms with Gasteiger partial charge in [-0.2, -0.15) is 0 Å². The molecule has 0 atom stereocenters. The summed E-state index contributed by atoms with van der Waals surface area (Å²) in [6, 6.07) is 7.14. The average molecular weight is 350 g/mol. The van der Waals surface area contributed by atoms with E-state index in [1.165, 1.54) is 0 Å². The fourth-order valence-corrected chi connectivity index (χ4v) is 2.97. The summed E-state index contributed by atoms with van der Waals surface area (Å²) in [6.45, 7) is 4.64. The maximum absolute atomic E-state index is 12.5. The van der Waals surface area contributed by atoms with E-state index in [0.717, 1.165) is 22.4 Å². The lowest BCUT2D eigenvalue weighted by Crippen LogP contribution is -2.10. The van der Waals surface area contributed by atoms with Crippen LogP contribution in [0.25, 0.3) is 27.9 Å². The molecule has 0 radical (unpaired) electrons. The Morgan fingerprint density at radius 2 is 2.04 bits per heavy atom. The molecule has 0 unspecified atom stereocenters. The van der Waals surface area contributed by atoms with Gasteiger partial charge >= 0.3 is 5.63 Å². The molecule has 0 amide bonds. The highest BCUT2D eigenvalue weighted by molar-refractivity contribution is 5.82. The Morgan fingerprint density at radius 1 is 1.19 bits per heavy atom. The number of hydrogen-bond acceptors (Lipinski definition) is 6. The van der Waals surface area contributed by atoms with Crippen LogP contribution in [0.1, 0.15) is 11.4 Å². The summed E-state index contributed by atoms with van der Waals surface area (Å²) in [7, 11) is 0. The van der Waals surface area contributed by atoms with Gasteiger partial charge in [-0.15, -0.1) is 0 Å². The number of benzene rings is 1. The number of aromatic nitrogens is 3. The summed E-state index contributed by atoms with van der Waals surface area (Å²) in [5.74, 6) is 0.615. The SMILES string of the molecule is Cc1cn2cc(-c3cc4ccc(OCCN)cc4oc3=O)nc2c(C)n1. The summed E-state index contributed by atoms with van der Waals surface area (Å²) >= 11 is 0. The molecule has 0 aliphatic heterocycles. The summed E-state index contributed by atoms with van der Waals surface area (Å²) in [4.78, 5) is 21.5. The lowest BCUT2D eigenvalue weighted by atomic mass is 10.1. The van der Waals surface area contributed by atoms with Crippen LogP contribution in [0, 0.1) is 13.8 Å². The monoisotopic (exact) mass is 350 g/mol. The van der Waals surface area contributed by atoms with Crippen LogP contribution in [0.2, 0.25) is 0 Å². The minimum atomic E-state index is -0.445. The number of ether oxygens (including phenoxy) is 1. The fourth-order valence-electron chi connectivity index (χ4n) is 2.97. The summed E-state index contributed by atoms with van der Waals surface area (Å²) < 4.78 is 12.8. The van der Waals surface area contributed by atoms with Gasteiger partial charge in [0.05, 0.1) is 22.6 Å². The van der Waals surface area contributed by atoms with Gasteiger partial charge in [-0.3, -0.25) is 4.98 Å². The number of fused-ring (bicyclic) bond motifs is 2. The highest BCUT2D eigenvalue weighted by atomic mass is 16.5. The van der Waals surface area contributed by atoms with E-state index in [2.05, 4.69) is 9.97 Å². The number of nitrogens with zero attached hydrogens (tertiary/aromatic N) is 3. The van der Waals surface area contributed by atoms with Crippen molar-refractivity contribution in [3.8, 4) is 17.0 Å². The Bertz CT molecular complexity index is 1180. The number of hydrogen-bond donors (Lipinski definition) is 1. The highest BCUT2D eigenvalue weighted by Gasteiger charge is 2.13. The molecule has 132 valence electrons. The predicted molar refractivity (Wildman–Crippen MR) is 98.5 cm³/mol. The smallest absolute Gasteiger partial charge is 0.345 e. The first kappa shape index (κ1) is 16.3. The topological polar surface area (TPSA) is 95.7 Å². The molecule has 2 N–H and O–H groups in total. The summed E-state index contributed by atoms with van der Waals surface area (Å²) in [5, 5.41) is 0.794. The quantitative estimate of drug-likeness (QED) is 0.568. The summed E-state index contributed by atoms with van der Waals surface area (Å²) in [6.07, 6.45) is 3.69. The van der Waals surface area contributed by atoms with E-state index in [0.29, 0.717) is 35.7 Å². The van der Waals surface area contributed by atoms with Gasteiger partial charge in [0.15, 0.2) is 5.65 Å². The molecule has 0 aliphatic rings. The van der Waals surface area contributed by atoms with Crippen LogP contribution in [0.15, 0.2) is 45.9 Å². The van der Waals surface area contributed by atoms with Crippen molar-refractivity contribution in [1.82, 2.24) is 14.4 Å². The van der Waals surface area contributed by atoms with Gasteiger partial charge in [-0.1, -0.05) is 0 Å². The number of imidazole rings is 1. The van der Waals surface area contributed by atoms with Crippen LogP contribution in [0.3, 0.4) is 0 Å². The first-order valence-electron chi connectivity index (χ1n) is 8.29. The fraction of sp³-hybridized carbons (Fsp3) is 0.211. The molecule has 0 bridgehead atoms. The van der Waals surface area contributed by atoms with Crippen molar-refractivity contribution in [2.45, 2.75) is 13.8 Å². The van der Waals surface area contributed by atoms with Crippen LogP contribution in [-0.2, 0) is 0 Å². The van der Waals surface area contributed by atoms with Crippen molar-refractivity contribution >= 4 is 16.6 Å². The van der Waals surface area contributed by atoms with Crippen molar-refractivity contribution in [3.05, 3.63) is 58.5 Å². The second-order valence-corrected chi connectivity index (χ2v) is 6.11. The van der Waals surface area contributed by atoms with E-state index < -0.39 is 5.63 Å². The molecule has 0 saturated heterocycles. The Labute approximate surface area is 149 Å². The molecule has 7 heteroatoms. The zero-order valence-corrected chi connectivity index (χ0v) is 14.5. The van der Waals surface area contributed by atoms with Crippen molar-refractivity contribution < 1.29 is 9.15 Å². The largest absolute Gasteiger partial charge is 0.492 e. The molecular formula is C19H18N4O3. The second kappa shape index (κ2) is 6.27. The first-order valence-corrected chi connectivity index (χ1v) is 8.29. The van der Waals surface area contributed by atoms with Crippen molar-refractivity contribution in [2.75, 3.05) is 13.2 Å². The second-order valence-electron chi connectivity index (χ2n) is 6.11. The third kappa shape index (κ3) is 2.82. The molecule has 3 heterocycles. The van der Waals surface area contributed by atoms with Crippen LogP contribution >= 0.6 is 0 Å². The van der Waals surface area contributed by atoms with Gasteiger partial charge in [0.2, 0.25) is 0 Å². The minimum Gasteiger partial charge on any atom is -0.492 e. The molecule has 7 nitrogen and oxygen atoms in total. The Kier molecular flexibility index (Phi) is 3.93. The van der Waals surface area contributed by atoms with Gasteiger partial charge in [-0.05, 0) is 32.0 Å². The Hall–Kier alpha value is -3.19. The predicted octanol–water partition coefficient (Wildman–Crippen LogP) is 2.46. The maximum Gasteiger partial charge on any atom is 0.345 e. The van der Waals surface area contributed by atoms with Crippen molar-refractivity contribution in [2.24, 2.45) is 5.73 Å². The zero-order chi connectivity index (χ0) is 18.3. The average Bonchev–Trinajstić information content (AvgIpc) is 3.03. The highest BCUT2D eigenvalue weighted by Crippen LogP contribution is 2.24. The molecule has 1 aromatic carbocycles. The molecule has 4 aromatic rings. The van der Waals surface area contributed by atoms with E-state index in [-0.39, 0.29) is 0 Å². The molecule has 26 heavy (non-hydrogen) atoms. The molecule has 0 saturated carbocycles. The van der Waals surface area contributed by atoms with E-state index in [1.54, 1.807) is 12.1 Å². The third-order valence-corrected chi connectivity index (χ3v) is 4.10. The number of aryl methyl sites for hydroxylation is 2. The van der Waals surface area contributed by atoms with Crippen LogP contribution in [-0.4, -0.2) is 27.5 Å². The van der Waals surface area contributed by atoms with Crippen LogP contribution in [0.4, 0.5) is 0 Å². The van der Waals surface area contributed by atoms with Crippen molar-refractivity contribution in [1.29, 1.82) is 0 Å². The molecule has 0 fully saturated rings. The molecule has 3 aromatic heterocycles. The van der Waals surface area contributed by atoms with E-state index in [9.17, 15) is 4.79 Å². The number of nitrogens with two attached hydrogens (primary N) is 1. The minimum absolute atomic E-state index is 0.405. The van der Waals surface area contributed by atoms with E-state index in [1.807, 2.05) is 42.8 Å². The molecule has 0 aliphatic carbocycles. The Morgan fingerprint density at radius 3 is 2.85 bits per heavy atom. The third-order valence-electron chi connectivity index (χ3n) is 4.10. The Balaban J connectivity index is 1.83. The van der Waals surface area contributed by atoms with Gasteiger partial charge < -0.3 is 19.3 Å². The number of rotatable bonds is 4. The van der Waals surface area contributed by atoms with Gasteiger partial charge in [-0.25, -0.2) is 9.78 Å². The van der Waals surface area contributed by atoms with Gasteiger partial charge in [0.1, 0.15) is 17.9 Å². The lowest BCUT2D eigenvalue weighted by Gasteiger charge is -2.05. The van der Waals surface area contributed by atoms with Crippen molar-refractivity contribution in [3.63, 3.8) is 0 Å². The normalized spacial score (nSPS) is 11.3. The van der Waals surface area contributed by atoms with Gasteiger partial charge in [0.25, 0.3) is 0 Å². The maximum atomic E-state index is 12.5. The van der Waals surface area contributed by atoms with E-state index >= 15 is 0 Å². The molecular weight excluding hydrogens is 332 g/mol.